The highest BCUT2D eigenvalue weighted by molar-refractivity contribution is 5.99. The van der Waals surface area contributed by atoms with Crippen LogP contribution in [0.4, 0.5) is 11.4 Å². The molecular weight excluding hydrogens is 362 g/mol. The molecule has 0 saturated heterocycles. The Morgan fingerprint density at radius 1 is 0.893 bits per heavy atom. The van der Waals surface area contributed by atoms with Gasteiger partial charge in [-0.3, -0.25) is 14.4 Å². The van der Waals surface area contributed by atoms with Gasteiger partial charge in [0.15, 0.2) is 0 Å². The van der Waals surface area contributed by atoms with Crippen molar-refractivity contribution in [3.8, 4) is 11.5 Å². The monoisotopic (exact) mass is 385 g/mol. The van der Waals surface area contributed by atoms with E-state index in [4.69, 9.17) is 9.47 Å². The number of ether oxygens (including phenoxy) is 2. The van der Waals surface area contributed by atoms with Crippen molar-refractivity contribution in [2.45, 2.75) is 13.8 Å². The highest BCUT2D eigenvalue weighted by atomic mass is 16.5. The largest absolute Gasteiger partial charge is 0.497 e. The Morgan fingerprint density at radius 3 is 2.07 bits per heavy atom. The van der Waals surface area contributed by atoms with Gasteiger partial charge in [-0.25, -0.2) is 0 Å². The molecule has 28 heavy (non-hydrogen) atoms. The van der Waals surface area contributed by atoms with Crippen LogP contribution in [0.15, 0.2) is 42.5 Å². The van der Waals surface area contributed by atoms with Crippen LogP contribution < -0.4 is 25.4 Å². The Bertz CT molecular complexity index is 832. The van der Waals surface area contributed by atoms with Crippen molar-refractivity contribution in [2.75, 3.05) is 30.9 Å². The maximum atomic E-state index is 12.4. The number of amides is 3. The van der Waals surface area contributed by atoms with E-state index < -0.39 is 0 Å². The minimum Gasteiger partial charge on any atom is -0.497 e. The molecule has 0 radical (unpaired) electrons. The zero-order valence-electron chi connectivity index (χ0n) is 16.0. The first-order valence-corrected chi connectivity index (χ1v) is 8.62. The summed E-state index contributed by atoms with van der Waals surface area (Å²) in [5.74, 6) is 0.403. The van der Waals surface area contributed by atoms with Gasteiger partial charge in [-0.05, 0) is 30.3 Å². The van der Waals surface area contributed by atoms with Gasteiger partial charge in [-0.2, -0.15) is 0 Å². The van der Waals surface area contributed by atoms with Gasteiger partial charge in [0, 0.05) is 36.9 Å². The summed E-state index contributed by atoms with van der Waals surface area (Å²) in [7, 11) is 1.57. The molecule has 0 saturated carbocycles. The second-order valence-corrected chi connectivity index (χ2v) is 5.94. The van der Waals surface area contributed by atoms with Crippen LogP contribution in [-0.2, 0) is 9.59 Å². The summed E-state index contributed by atoms with van der Waals surface area (Å²) in [6.07, 6.45) is 0. The second-order valence-electron chi connectivity index (χ2n) is 5.94. The van der Waals surface area contributed by atoms with E-state index in [2.05, 4.69) is 16.0 Å². The van der Waals surface area contributed by atoms with Crippen molar-refractivity contribution in [3.63, 3.8) is 0 Å². The fourth-order valence-corrected chi connectivity index (χ4v) is 2.44. The van der Waals surface area contributed by atoms with Crippen LogP contribution in [0.25, 0.3) is 0 Å². The van der Waals surface area contributed by atoms with Gasteiger partial charge in [0.25, 0.3) is 5.91 Å². The molecule has 0 aliphatic rings. The standard InChI is InChI=1S/C20H23N3O5/c1-13(24)22-16-9-15(10-17(11-16)23-14(2)25)20(26)21-7-8-28-19-6-4-5-18(12-19)27-3/h4-6,9-12H,7-8H2,1-3H3,(H,21,26)(H,22,24)(H,23,25). The summed E-state index contributed by atoms with van der Waals surface area (Å²) < 4.78 is 10.7. The fourth-order valence-electron chi connectivity index (χ4n) is 2.44. The van der Waals surface area contributed by atoms with E-state index in [0.717, 1.165) is 0 Å². The Morgan fingerprint density at radius 2 is 1.50 bits per heavy atom. The molecule has 0 aliphatic carbocycles. The third-order valence-corrected chi connectivity index (χ3v) is 3.53. The molecule has 0 aromatic heterocycles. The normalized spacial score (nSPS) is 9.96. The number of methoxy groups -OCH3 is 1. The number of nitrogens with one attached hydrogen (secondary N) is 3. The Kier molecular flexibility index (Phi) is 7.38. The molecule has 0 heterocycles. The molecule has 8 heteroatoms. The van der Waals surface area contributed by atoms with Crippen LogP contribution in [0.1, 0.15) is 24.2 Å². The van der Waals surface area contributed by atoms with Gasteiger partial charge >= 0.3 is 0 Å². The topological polar surface area (TPSA) is 106 Å². The summed E-state index contributed by atoms with van der Waals surface area (Å²) in [5, 5.41) is 7.95. The van der Waals surface area contributed by atoms with Crippen molar-refractivity contribution >= 4 is 29.1 Å². The average molecular weight is 385 g/mol. The number of carbonyl (C=O) groups is 3. The molecule has 2 aromatic rings. The summed E-state index contributed by atoms with van der Waals surface area (Å²) in [6, 6.07) is 11.8. The van der Waals surface area contributed by atoms with Crippen LogP contribution in [0.5, 0.6) is 11.5 Å². The van der Waals surface area contributed by atoms with E-state index in [-0.39, 0.29) is 30.9 Å². The smallest absolute Gasteiger partial charge is 0.251 e. The first-order chi connectivity index (χ1) is 13.4. The average Bonchev–Trinajstić information content (AvgIpc) is 2.64. The molecule has 0 atom stereocenters. The lowest BCUT2D eigenvalue weighted by molar-refractivity contribution is -0.115. The van der Waals surface area contributed by atoms with Crippen molar-refractivity contribution in [2.24, 2.45) is 0 Å². The van der Waals surface area contributed by atoms with Gasteiger partial charge in [-0.1, -0.05) is 6.07 Å². The van der Waals surface area contributed by atoms with E-state index >= 15 is 0 Å². The summed E-state index contributed by atoms with van der Waals surface area (Å²) in [6.45, 7) is 3.26. The molecular formula is C20H23N3O5. The van der Waals surface area contributed by atoms with E-state index in [0.29, 0.717) is 28.4 Å². The lowest BCUT2D eigenvalue weighted by atomic mass is 10.1. The third kappa shape index (κ3) is 6.64. The van der Waals surface area contributed by atoms with Crippen molar-refractivity contribution < 1.29 is 23.9 Å². The van der Waals surface area contributed by atoms with Crippen LogP contribution in [0.3, 0.4) is 0 Å². The zero-order chi connectivity index (χ0) is 20.5. The summed E-state index contributed by atoms with van der Waals surface area (Å²) in [5.41, 5.74) is 1.13. The Balaban J connectivity index is 1.97. The highest BCUT2D eigenvalue weighted by Gasteiger charge is 2.10. The fraction of sp³-hybridized carbons (Fsp3) is 0.250. The predicted molar refractivity (Wildman–Crippen MR) is 106 cm³/mol. The number of hydrogen-bond acceptors (Lipinski definition) is 5. The Hall–Kier alpha value is -3.55. The molecule has 0 bridgehead atoms. The Labute approximate surface area is 163 Å². The van der Waals surface area contributed by atoms with Crippen molar-refractivity contribution in [3.05, 3.63) is 48.0 Å². The van der Waals surface area contributed by atoms with E-state index in [1.54, 1.807) is 25.3 Å². The minimum absolute atomic E-state index is 0.267. The lowest BCUT2D eigenvalue weighted by Gasteiger charge is -2.12. The molecule has 2 rings (SSSR count). The van der Waals surface area contributed by atoms with Gasteiger partial charge in [-0.15, -0.1) is 0 Å². The van der Waals surface area contributed by atoms with Gasteiger partial charge in [0.1, 0.15) is 18.1 Å². The highest BCUT2D eigenvalue weighted by Crippen LogP contribution is 2.20. The first kappa shape index (κ1) is 20.8. The lowest BCUT2D eigenvalue weighted by Crippen LogP contribution is -2.28. The quantitative estimate of drug-likeness (QED) is 0.605. The molecule has 3 N–H and O–H groups in total. The summed E-state index contributed by atoms with van der Waals surface area (Å²) >= 11 is 0. The van der Waals surface area contributed by atoms with Gasteiger partial charge in [0.05, 0.1) is 13.7 Å². The molecule has 148 valence electrons. The number of benzene rings is 2. The van der Waals surface area contributed by atoms with E-state index in [9.17, 15) is 14.4 Å². The molecule has 0 aliphatic heterocycles. The number of carbonyl (C=O) groups excluding carboxylic acids is 3. The molecule has 8 nitrogen and oxygen atoms in total. The first-order valence-electron chi connectivity index (χ1n) is 8.62. The van der Waals surface area contributed by atoms with Gasteiger partial charge < -0.3 is 25.4 Å². The van der Waals surface area contributed by atoms with E-state index in [1.165, 1.54) is 26.0 Å². The van der Waals surface area contributed by atoms with Crippen LogP contribution in [0.2, 0.25) is 0 Å². The van der Waals surface area contributed by atoms with Crippen LogP contribution >= 0.6 is 0 Å². The van der Waals surface area contributed by atoms with Crippen LogP contribution in [-0.4, -0.2) is 38.0 Å². The summed E-state index contributed by atoms with van der Waals surface area (Å²) in [4.78, 5) is 35.0. The second kappa shape index (κ2) is 9.96. The van der Waals surface area contributed by atoms with Crippen LogP contribution in [0, 0.1) is 0 Å². The molecule has 0 fully saturated rings. The maximum absolute atomic E-state index is 12.4. The molecule has 0 unspecified atom stereocenters. The number of rotatable bonds is 8. The SMILES string of the molecule is COc1cccc(OCCNC(=O)c2cc(NC(C)=O)cc(NC(C)=O)c2)c1. The van der Waals surface area contributed by atoms with Gasteiger partial charge in [0.2, 0.25) is 11.8 Å². The van der Waals surface area contributed by atoms with E-state index in [1.807, 2.05) is 12.1 Å². The maximum Gasteiger partial charge on any atom is 0.251 e. The zero-order valence-corrected chi connectivity index (χ0v) is 16.0. The molecule has 2 aromatic carbocycles. The third-order valence-electron chi connectivity index (χ3n) is 3.53. The molecule has 0 spiro atoms. The van der Waals surface area contributed by atoms with Crippen molar-refractivity contribution in [1.29, 1.82) is 0 Å². The number of hydrogen-bond donors (Lipinski definition) is 3. The minimum atomic E-state index is -0.354. The van der Waals surface area contributed by atoms with Crippen molar-refractivity contribution in [1.82, 2.24) is 5.32 Å². The predicted octanol–water partition coefficient (Wildman–Crippen LogP) is 2.42. The number of anilines is 2. The molecule has 3 amide bonds.